The molecule has 0 fully saturated rings. The quantitative estimate of drug-likeness (QED) is 0.179. The SMILES string of the molecule is c1ccc(-c2nc3cc(-c4cccc(-c5cccc6c5sc5ccccc56)c4)ccc3c3c2ccc2sc4ccccc4c23)cc1. The molecule has 0 bridgehead atoms. The minimum Gasteiger partial charge on any atom is -0.247 e. The summed E-state index contributed by atoms with van der Waals surface area (Å²) in [7, 11) is 0. The zero-order valence-corrected chi connectivity index (χ0v) is 26.3. The molecule has 10 aromatic rings. The van der Waals surface area contributed by atoms with Crippen LogP contribution >= 0.6 is 22.7 Å². The lowest BCUT2D eigenvalue weighted by atomic mass is 9.94. The highest BCUT2D eigenvalue weighted by atomic mass is 32.1. The first kappa shape index (κ1) is 25.9. The molecule has 0 aliphatic heterocycles. The summed E-state index contributed by atoms with van der Waals surface area (Å²) in [5.74, 6) is 0. The predicted octanol–water partition coefficient (Wildman–Crippen LogP) is 13.1. The van der Waals surface area contributed by atoms with Gasteiger partial charge in [0.1, 0.15) is 0 Å². The number of rotatable bonds is 3. The molecule has 0 saturated heterocycles. The Hall–Kier alpha value is -5.35. The highest BCUT2D eigenvalue weighted by Crippen LogP contribution is 2.44. The molecular weight excluding hydrogens is 595 g/mol. The lowest BCUT2D eigenvalue weighted by molar-refractivity contribution is 1.43. The van der Waals surface area contributed by atoms with Gasteiger partial charge in [0.25, 0.3) is 0 Å². The summed E-state index contributed by atoms with van der Waals surface area (Å²) in [6.07, 6.45) is 0. The average Bonchev–Trinajstić information content (AvgIpc) is 3.70. The minimum atomic E-state index is 1.02. The molecule has 0 radical (unpaired) electrons. The summed E-state index contributed by atoms with van der Waals surface area (Å²) in [5, 5.41) is 8.97. The van der Waals surface area contributed by atoms with Gasteiger partial charge in [0.15, 0.2) is 0 Å². The van der Waals surface area contributed by atoms with Gasteiger partial charge in [-0.15, -0.1) is 22.7 Å². The van der Waals surface area contributed by atoms with E-state index in [1.807, 2.05) is 22.7 Å². The van der Waals surface area contributed by atoms with E-state index in [-0.39, 0.29) is 0 Å². The Morgan fingerprint density at radius 2 is 1.04 bits per heavy atom. The fraction of sp³-hybridized carbons (Fsp3) is 0. The number of nitrogens with zero attached hydrogens (tertiary/aromatic N) is 1. The van der Waals surface area contributed by atoms with Gasteiger partial charge in [0.05, 0.1) is 11.2 Å². The Morgan fingerprint density at radius 3 is 1.93 bits per heavy atom. The van der Waals surface area contributed by atoms with E-state index in [9.17, 15) is 0 Å². The van der Waals surface area contributed by atoms with E-state index in [1.54, 1.807) is 0 Å². The normalized spacial score (nSPS) is 11.9. The Labute approximate surface area is 273 Å². The minimum absolute atomic E-state index is 1.02. The van der Waals surface area contributed by atoms with Crippen LogP contribution in [0.25, 0.3) is 95.5 Å². The van der Waals surface area contributed by atoms with Gasteiger partial charge < -0.3 is 0 Å². The number of pyridine rings is 1. The van der Waals surface area contributed by atoms with Crippen molar-refractivity contribution in [3.8, 4) is 33.5 Å². The van der Waals surface area contributed by atoms with Gasteiger partial charge in [-0.05, 0) is 52.6 Å². The van der Waals surface area contributed by atoms with Crippen LogP contribution in [0.3, 0.4) is 0 Å². The Bertz CT molecular complexity index is 2800. The summed E-state index contributed by atoms with van der Waals surface area (Å²) in [6.45, 7) is 0. The molecule has 3 heteroatoms. The third kappa shape index (κ3) is 3.89. The second-order valence-corrected chi connectivity index (χ2v) is 14.0. The molecule has 0 unspecified atom stereocenters. The van der Waals surface area contributed by atoms with E-state index < -0.39 is 0 Å². The number of fused-ring (bicyclic) bond motifs is 10. The van der Waals surface area contributed by atoms with Crippen molar-refractivity contribution in [3.63, 3.8) is 0 Å². The maximum absolute atomic E-state index is 5.38. The molecule has 0 atom stereocenters. The largest absolute Gasteiger partial charge is 0.247 e. The van der Waals surface area contributed by atoms with Gasteiger partial charge >= 0.3 is 0 Å². The molecule has 10 rings (SSSR count). The summed E-state index contributed by atoms with van der Waals surface area (Å²) in [6, 6.07) is 55.2. The standard InChI is InChI=1S/C43H25NS2/c1-2-10-26(11-3-1)42-35-22-23-39-41(34-15-5-7-19-38(34)45-39)40(35)33-21-20-28(25-36(33)44-42)27-12-8-13-29(24-27)30-16-9-17-32-31-14-4-6-18-37(31)46-43(30)32/h1-25H. The lowest BCUT2D eigenvalue weighted by Gasteiger charge is -2.13. The molecule has 0 N–H and O–H groups in total. The molecule has 0 amide bonds. The van der Waals surface area contributed by atoms with Gasteiger partial charge in [-0.2, -0.15) is 0 Å². The van der Waals surface area contributed by atoms with Crippen LogP contribution in [0.1, 0.15) is 0 Å². The number of thiophene rings is 2. The molecule has 0 aliphatic rings. The van der Waals surface area contributed by atoms with Crippen molar-refractivity contribution in [1.29, 1.82) is 0 Å². The van der Waals surface area contributed by atoms with Crippen molar-refractivity contribution in [3.05, 3.63) is 152 Å². The first-order valence-corrected chi connectivity index (χ1v) is 17.2. The molecule has 214 valence electrons. The highest BCUT2D eigenvalue weighted by Gasteiger charge is 2.17. The van der Waals surface area contributed by atoms with Gasteiger partial charge in [-0.25, -0.2) is 4.98 Å². The predicted molar refractivity (Wildman–Crippen MR) is 201 cm³/mol. The number of hydrogen-bond acceptors (Lipinski definition) is 3. The summed E-state index contributed by atoms with van der Waals surface area (Å²) >= 11 is 3.75. The first-order valence-electron chi connectivity index (χ1n) is 15.5. The third-order valence-corrected chi connectivity index (χ3v) is 11.6. The second-order valence-electron chi connectivity index (χ2n) is 11.9. The third-order valence-electron chi connectivity index (χ3n) is 9.26. The van der Waals surface area contributed by atoms with E-state index in [1.165, 1.54) is 78.8 Å². The molecule has 7 aromatic carbocycles. The molecule has 3 heterocycles. The fourth-order valence-corrected chi connectivity index (χ4v) is 9.50. The van der Waals surface area contributed by atoms with E-state index in [4.69, 9.17) is 4.98 Å². The van der Waals surface area contributed by atoms with E-state index in [2.05, 4.69) is 152 Å². The van der Waals surface area contributed by atoms with Crippen molar-refractivity contribution >= 4 is 84.7 Å². The zero-order valence-electron chi connectivity index (χ0n) is 24.7. The second kappa shape index (κ2) is 10.1. The zero-order chi connectivity index (χ0) is 30.2. The van der Waals surface area contributed by atoms with Crippen LogP contribution < -0.4 is 0 Å². The molecule has 1 nitrogen and oxygen atoms in total. The van der Waals surface area contributed by atoms with Gasteiger partial charge in [-0.1, -0.05) is 121 Å². The van der Waals surface area contributed by atoms with Gasteiger partial charge in [0, 0.05) is 62.1 Å². The van der Waals surface area contributed by atoms with E-state index in [0.717, 1.165) is 16.8 Å². The number of benzene rings is 7. The van der Waals surface area contributed by atoms with Crippen LogP contribution in [0.5, 0.6) is 0 Å². The van der Waals surface area contributed by atoms with Crippen LogP contribution in [0.2, 0.25) is 0 Å². The van der Waals surface area contributed by atoms with Gasteiger partial charge in [-0.3, -0.25) is 0 Å². The highest BCUT2D eigenvalue weighted by molar-refractivity contribution is 7.26. The van der Waals surface area contributed by atoms with Crippen LogP contribution in [0.4, 0.5) is 0 Å². The Morgan fingerprint density at radius 1 is 0.370 bits per heavy atom. The number of aromatic nitrogens is 1. The monoisotopic (exact) mass is 619 g/mol. The van der Waals surface area contributed by atoms with Crippen molar-refractivity contribution in [2.75, 3.05) is 0 Å². The molecule has 0 spiro atoms. The van der Waals surface area contributed by atoms with Crippen LogP contribution in [-0.4, -0.2) is 4.98 Å². The maximum Gasteiger partial charge on any atom is 0.0788 e. The molecule has 3 aromatic heterocycles. The molecule has 46 heavy (non-hydrogen) atoms. The summed E-state index contributed by atoms with van der Waals surface area (Å²) in [5.41, 5.74) is 8.07. The number of hydrogen-bond donors (Lipinski definition) is 0. The smallest absolute Gasteiger partial charge is 0.0788 e. The van der Waals surface area contributed by atoms with Crippen molar-refractivity contribution in [1.82, 2.24) is 4.98 Å². The topological polar surface area (TPSA) is 12.9 Å². The first-order chi connectivity index (χ1) is 22.8. The molecule has 0 saturated carbocycles. The summed E-state index contributed by atoms with van der Waals surface area (Å²) < 4.78 is 5.30. The van der Waals surface area contributed by atoms with Crippen molar-refractivity contribution < 1.29 is 0 Å². The van der Waals surface area contributed by atoms with Crippen LogP contribution in [0, 0.1) is 0 Å². The summed E-state index contributed by atoms with van der Waals surface area (Å²) in [4.78, 5) is 5.38. The van der Waals surface area contributed by atoms with Gasteiger partial charge in [0.2, 0.25) is 0 Å². The van der Waals surface area contributed by atoms with Crippen molar-refractivity contribution in [2.24, 2.45) is 0 Å². The van der Waals surface area contributed by atoms with Crippen LogP contribution in [-0.2, 0) is 0 Å². The molecular formula is C43H25NS2. The molecule has 0 aliphatic carbocycles. The van der Waals surface area contributed by atoms with E-state index >= 15 is 0 Å². The van der Waals surface area contributed by atoms with Crippen molar-refractivity contribution in [2.45, 2.75) is 0 Å². The van der Waals surface area contributed by atoms with Crippen LogP contribution in [0.15, 0.2) is 152 Å². The Kier molecular flexibility index (Phi) is 5.68. The lowest BCUT2D eigenvalue weighted by Crippen LogP contribution is -1.91. The fourth-order valence-electron chi connectivity index (χ4n) is 7.15. The maximum atomic E-state index is 5.38. The Balaban J connectivity index is 1.21. The van der Waals surface area contributed by atoms with E-state index in [0.29, 0.717) is 0 Å². The average molecular weight is 620 g/mol.